The first-order valence-electron chi connectivity index (χ1n) is 3.80. The first-order chi connectivity index (χ1) is 7.33. The zero-order chi connectivity index (χ0) is 12.3. The smallest absolute Gasteiger partial charge is 0.207 e. The Labute approximate surface area is 90.9 Å². The lowest BCUT2D eigenvalue weighted by Gasteiger charge is -2.00. The molecular weight excluding hydrogens is 265 g/mol. The molecule has 0 saturated carbocycles. The van der Waals surface area contributed by atoms with Gasteiger partial charge < -0.3 is 0 Å². The van der Waals surface area contributed by atoms with Crippen LogP contribution < -0.4 is 0 Å². The van der Waals surface area contributed by atoms with Crippen molar-refractivity contribution in [2.45, 2.75) is 4.90 Å². The topological polar surface area (TPSA) is 69.7 Å². The fourth-order valence-electron chi connectivity index (χ4n) is 0.788. The average Bonchev–Trinajstić information content (AvgIpc) is 2.19. The van der Waals surface area contributed by atoms with E-state index in [9.17, 15) is 21.8 Å². The van der Waals surface area contributed by atoms with Crippen LogP contribution in [0.4, 0.5) is 8.78 Å². The SMILES string of the molecule is C[P+](=O)OOS(=O)(=O)c1cc(F)ccc1F. The van der Waals surface area contributed by atoms with Crippen molar-refractivity contribution in [2.75, 3.05) is 6.66 Å². The molecule has 1 aromatic carbocycles. The van der Waals surface area contributed by atoms with Crippen LogP contribution in [0.25, 0.3) is 0 Å². The predicted molar refractivity (Wildman–Crippen MR) is 49.2 cm³/mol. The summed E-state index contributed by atoms with van der Waals surface area (Å²) in [5.74, 6) is -2.15. The molecule has 16 heavy (non-hydrogen) atoms. The van der Waals surface area contributed by atoms with Crippen LogP contribution in [-0.4, -0.2) is 15.1 Å². The molecule has 0 aliphatic heterocycles. The number of benzene rings is 1. The maximum absolute atomic E-state index is 13.0. The second-order valence-electron chi connectivity index (χ2n) is 2.61. The lowest BCUT2D eigenvalue weighted by atomic mass is 10.3. The van der Waals surface area contributed by atoms with Crippen LogP contribution in [-0.2, 0) is 23.7 Å². The highest BCUT2D eigenvalue weighted by Gasteiger charge is 2.26. The van der Waals surface area contributed by atoms with Crippen molar-refractivity contribution in [2.24, 2.45) is 0 Å². The Balaban J connectivity index is 3.07. The van der Waals surface area contributed by atoms with Crippen molar-refractivity contribution >= 4 is 18.1 Å². The maximum atomic E-state index is 13.0. The van der Waals surface area contributed by atoms with Crippen molar-refractivity contribution in [1.82, 2.24) is 0 Å². The Bertz CT molecular complexity index is 516. The normalized spacial score (nSPS) is 12.6. The molecule has 1 rings (SSSR count). The molecule has 0 aliphatic carbocycles. The summed E-state index contributed by atoms with van der Waals surface area (Å²) in [5.41, 5.74) is 0. The Kier molecular flexibility index (Phi) is 4.03. The lowest BCUT2D eigenvalue weighted by Crippen LogP contribution is -2.07. The van der Waals surface area contributed by atoms with Crippen LogP contribution in [0.5, 0.6) is 0 Å². The van der Waals surface area contributed by atoms with Crippen molar-refractivity contribution in [3.63, 3.8) is 0 Å². The molecular formula is C7H6F2O5PS+. The minimum absolute atomic E-state index is 0.427. The second-order valence-corrected chi connectivity index (χ2v) is 5.12. The van der Waals surface area contributed by atoms with Gasteiger partial charge in [-0.3, -0.25) is 0 Å². The van der Waals surface area contributed by atoms with Crippen molar-refractivity contribution in [3.8, 4) is 0 Å². The highest BCUT2D eigenvalue weighted by molar-refractivity contribution is 7.86. The molecule has 0 amide bonds. The van der Waals surface area contributed by atoms with E-state index in [0.29, 0.717) is 12.1 Å². The van der Waals surface area contributed by atoms with Crippen LogP contribution in [0, 0.1) is 11.6 Å². The van der Waals surface area contributed by atoms with E-state index in [1.54, 1.807) is 0 Å². The molecule has 88 valence electrons. The summed E-state index contributed by atoms with van der Waals surface area (Å²) in [5, 5.41) is 0. The average molecular weight is 271 g/mol. The number of hydrogen-bond acceptors (Lipinski definition) is 5. The van der Waals surface area contributed by atoms with E-state index in [0.717, 1.165) is 12.7 Å². The van der Waals surface area contributed by atoms with Crippen LogP contribution in [0.3, 0.4) is 0 Å². The van der Waals surface area contributed by atoms with Gasteiger partial charge in [-0.15, -0.1) is 0 Å². The zero-order valence-electron chi connectivity index (χ0n) is 7.88. The van der Waals surface area contributed by atoms with Gasteiger partial charge >= 0.3 is 18.1 Å². The van der Waals surface area contributed by atoms with E-state index in [1.165, 1.54) is 0 Å². The number of halogens is 2. The molecule has 0 radical (unpaired) electrons. The maximum Gasteiger partial charge on any atom is 0.537 e. The molecule has 9 heteroatoms. The lowest BCUT2D eigenvalue weighted by molar-refractivity contribution is -0.0835. The van der Waals surface area contributed by atoms with Gasteiger partial charge in [0.25, 0.3) is 0 Å². The molecule has 0 bridgehead atoms. The van der Waals surface area contributed by atoms with E-state index in [1.807, 2.05) is 0 Å². The van der Waals surface area contributed by atoms with Gasteiger partial charge in [-0.25, -0.2) is 8.78 Å². The third kappa shape index (κ3) is 3.28. The molecule has 0 fully saturated rings. The van der Waals surface area contributed by atoms with Crippen LogP contribution in [0.1, 0.15) is 0 Å². The second kappa shape index (κ2) is 4.92. The molecule has 0 aromatic heterocycles. The largest absolute Gasteiger partial charge is 0.537 e. The van der Waals surface area contributed by atoms with E-state index in [-0.39, 0.29) is 0 Å². The summed E-state index contributed by atoms with van der Waals surface area (Å²) >= 11 is 0. The van der Waals surface area contributed by atoms with Gasteiger partial charge in [0.2, 0.25) is 0 Å². The summed E-state index contributed by atoms with van der Waals surface area (Å²) in [4.78, 5) is -1.02. The first-order valence-corrected chi connectivity index (χ1v) is 6.83. The Morgan fingerprint density at radius 1 is 1.31 bits per heavy atom. The minimum Gasteiger partial charge on any atom is -0.207 e. The fourth-order valence-corrected chi connectivity index (χ4v) is 2.09. The van der Waals surface area contributed by atoms with E-state index in [2.05, 4.69) is 9.01 Å². The summed E-state index contributed by atoms with van der Waals surface area (Å²) in [6, 6.07) is 1.80. The van der Waals surface area contributed by atoms with Gasteiger partial charge in [0.1, 0.15) is 16.5 Å². The summed E-state index contributed by atoms with van der Waals surface area (Å²) in [7, 11) is -6.97. The van der Waals surface area contributed by atoms with E-state index >= 15 is 0 Å². The number of hydrogen-bond donors (Lipinski definition) is 0. The van der Waals surface area contributed by atoms with Crippen molar-refractivity contribution in [1.29, 1.82) is 0 Å². The molecule has 0 heterocycles. The molecule has 0 saturated heterocycles. The van der Waals surface area contributed by atoms with Gasteiger partial charge in [-0.2, -0.15) is 8.42 Å². The summed E-state index contributed by atoms with van der Waals surface area (Å²) in [6.45, 7) is 1.03. The quantitative estimate of drug-likeness (QED) is 0.475. The molecule has 1 unspecified atom stereocenters. The molecule has 0 spiro atoms. The standard InChI is InChI=1S/C7H6F2O5PS/c1-15(10)13-14-16(11,12)7-4-5(8)2-3-6(7)9/h2-4H,1H3/q+1. The van der Waals surface area contributed by atoms with Gasteiger partial charge in [0.05, 0.1) is 0 Å². The third-order valence-electron chi connectivity index (χ3n) is 1.39. The number of rotatable bonds is 4. The highest BCUT2D eigenvalue weighted by atomic mass is 32.2. The first kappa shape index (κ1) is 13.1. The van der Waals surface area contributed by atoms with Crippen LogP contribution in [0.2, 0.25) is 0 Å². The summed E-state index contributed by atoms with van der Waals surface area (Å²) < 4.78 is 66.3. The van der Waals surface area contributed by atoms with Gasteiger partial charge in [-0.05, 0) is 22.8 Å². The van der Waals surface area contributed by atoms with Gasteiger partial charge in [0.15, 0.2) is 6.66 Å². The monoisotopic (exact) mass is 271 g/mol. The molecule has 0 N–H and O–H groups in total. The van der Waals surface area contributed by atoms with Crippen LogP contribution in [0.15, 0.2) is 23.1 Å². The highest BCUT2D eigenvalue weighted by Crippen LogP contribution is 2.23. The van der Waals surface area contributed by atoms with Crippen molar-refractivity contribution < 1.29 is 30.8 Å². The fraction of sp³-hybridized carbons (Fsp3) is 0.143. The third-order valence-corrected chi connectivity index (χ3v) is 2.87. The molecule has 0 aliphatic rings. The van der Waals surface area contributed by atoms with Crippen LogP contribution >= 0.6 is 8.03 Å². The molecule has 1 aromatic rings. The minimum atomic E-state index is -4.63. The summed E-state index contributed by atoms with van der Waals surface area (Å²) in [6.07, 6.45) is 0. The Morgan fingerprint density at radius 3 is 2.50 bits per heavy atom. The molecule has 5 nitrogen and oxygen atoms in total. The van der Waals surface area contributed by atoms with E-state index in [4.69, 9.17) is 0 Å². The molecule has 1 atom stereocenters. The Hall–Kier alpha value is -0.950. The predicted octanol–water partition coefficient (Wildman–Crippen LogP) is 1.97. The Morgan fingerprint density at radius 2 is 1.94 bits per heavy atom. The zero-order valence-corrected chi connectivity index (χ0v) is 9.60. The van der Waals surface area contributed by atoms with Crippen molar-refractivity contribution in [3.05, 3.63) is 29.8 Å². The van der Waals surface area contributed by atoms with Gasteiger partial charge in [0, 0.05) is 4.67 Å². The van der Waals surface area contributed by atoms with Gasteiger partial charge in [-0.1, -0.05) is 4.33 Å². The van der Waals surface area contributed by atoms with E-state index < -0.39 is 34.7 Å².